The van der Waals surface area contributed by atoms with Crippen molar-refractivity contribution in [1.29, 1.82) is 5.26 Å². The summed E-state index contributed by atoms with van der Waals surface area (Å²) in [5.74, 6) is -0.842. The van der Waals surface area contributed by atoms with Crippen LogP contribution in [-0.4, -0.2) is 90.3 Å². The van der Waals surface area contributed by atoms with Gasteiger partial charge in [-0.15, -0.1) is 0 Å². The Morgan fingerprint density at radius 2 is 1.63 bits per heavy atom. The van der Waals surface area contributed by atoms with Gasteiger partial charge in [-0.2, -0.15) is 5.26 Å². The zero-order chi connectivity index (χ0) is 45.4. The summed E-state index contributed by atoms with van der Waals surface area (Å²) < 4.78 is 12.0. The van der Waals surface area contributed by atoms with Crippen LogP contribution in [0, 0.1) is 27.6 Å². The van der Waals surface area contributed by atoms with E-state index >= 15 is 0 Å². The average molecular weight is 892 g/mol. The first kappa shape index (κ1) is 48.2. The third-order valence-corrected chi connectivity index (χ3v) is 12.3. The second kappa shape index (κ2) is 20.5. The molecule has 13 nitrogen and oxygen atoms in total. The van der Waals surface area contributed by atoms with E-state index in [1.807, 2.05) is 32.9 Å². The van der Waals surface area contributed by atoms with Crippen LogP contribution in [0.3, 0.4) is 0 Å². The predicted octanol–water partition coefficient (Wildman–Crippen LogP) is 6.88. The predicted molar refractivity (Wildman–Crippen MR) is 240 cm³/mol. The Bertz CT molecular complexity index is 2080. The molecule has 62 heavy (non-hydrogen) atoms. The topological polar surface area (TPSA) is 182 Å². The number of nitrogens with zero attached hydrogens (tertiary/aromatic N) is 2. The number of nitrogens with one attached hydrogen (secondary N) is 4. The molecule has 5 N–H and O–H groups in total. The van der Waals surface area contributed by atoms with Crippen molar-refractivity contribution in [2.24, 2.45) is 16.2 Å². The fraction of sp³-hybridized carbons (Fsp3) is 0.511. The van der Waals surface area contributed by atoms with Crippen LogP contribution in [0.15, 0.2) is 66.7 Å². The summed E-state index contributed by atoms with van der Waals surface area (Å²) in [5.41, 5.74) is 1.25. The molecule has 1 aliphatic heterocycles. The van der Waals surface area contributed by atoms with E-state index in [1.165, 1.54) is 4.90 Å². The molecule has 1 unspecified atom stereocenters. The van der Waals surface area contributed by atoms with Crippen LogP contribution < -0.4 is 26.0 Å². The zero-order valence-electron chi connectivity index (χ0n) is 36.6. The van der Waals surface area contributed by atoms with E-state index in [1.54, 1.807) is 54.6 Å². The monoisotopic (exact) mass is 890 g/mol. The first-order valence-electron chi connectivity index (χ1n) is 21.1. The molecule has 0 spiro atoms. The van der Waals surface area contributed by atoms with E-state index in [0.717, 1.165) is 30.5 Å². The minimum absolute atomic E-state index is 0.00985. The molecule has 4 amide bonds. The molecule has 0 aromatic heterocycles. The highest BCUT2D eigenvalue weighted by Crippen LogP contribution is 2.55. The molecule has 334 valence electrons. The summed E-state index contributed by atoms with van der Waals surface area (Å²) in [5, 5.41) is 32.8. The summed E-state index contributed by atoms with van der Waals surface area (Å²) in [4.78, 5) is 54.7. The summed E-state index contributed by atoms with van der Waals surface area (Å²) in [7, 11) is 0. The van der Waals surface area contributed by atoms with Crippen LogP contribution in [0.1, 0.15) is 95.6 Å². The van der Waals surface area contributed by atoms with Crippen LogP contribution in [0.2, 0.25) is 10.0 Å². The molecular formula is C47H60Cl2N6O7. The van der Waals surface area contributed by atoms with Gasteiger partial charge in [-0.25, -0.2) is 0 Å². The van der Waals surface area contributed by atoms with Crippen molar-refractivity contribution in [2.75, 3.05) is 31.6 Å². The number of ether oxygens (including phenoxy) is 2. The highest BCUT2D eigenvalue weighted by Gasteiger charge is 2.64. The Kier molecular flexibility index (Phi) is 16.0. The standard InChI is InChI=1S/C47H60Cl2N6O7/c1-45(2,3)39(42(60)55-27-34(56)23-37(55)41(59)52-26-29-11-16-32(48)17-12-29)53-38(57)28-61-22-10-8-9-21-51-33-18-13-30(14-19-33)40(58)54-43-46(4,5)44(47(43,6)7)62-35-20-15-31(25-50)36(49)24-35/h11-20,24,34,37,39,43-44,51,56H,8-10,21-23,26-28H2,1-7H3,(H,52,59)(H,53,57)(H,54,58)/t34-,37+,39?,43-,44-/m1/s1. The highest BCUT2D eigenvalue weighted by molar-refractivity contribution is 6.31. The molecule has 0 radical (unpaired) electrons. The Morgan fingerprint density at radius 3 is 2.26 bits per heavy atom. The Labute approximate surface area is 375 Å². The first-order chi connectivity index (χ1) is 29.2. The molecule has 1 saturated carbocycles. The lowest BCUT2D eigenvalue weighted by atomic mass is 9.49. The number of carbonyl (C=O) groups excluding carboxylic acids is 4. The van der Waals surface area contributed by atoms with Crippen LogP contribution in [0.4, 0.5) is 5.69 Å². The lowest BCUT2D eigenvalue weighted by molar-refractivity contribution is -0.164. The van der Waals surface area contributed by atoms with Gasteiger partial charge in [0, 0.05) is 71.9 Å². The number of carbonyl (C=O) groups is 4. The number of hydrogen-bond donors (Lipinski definition) is 5. The van der Waals surface area contributed by atoms with E-state index < -0.39 is 35.4 Å². The maximum Gasteiger partial charge on any atom is 0.251 e. The number of likely N-dealkylation sites (tertiary alicyclic amines) is 1. The van der Waals surface area contributed by atoms with Gasteiger partial charge in [0.1, 0.15) is 36.6 Å². The zero-order valence-corrected chi connectivity index (χ0v) is 38.2. The fourth-order valence-corrected chi connectivity index (χ4v) is 9.02. The summed E-state index contributed by atoms with van der Waals surface area (Å²) >= 11 is 12.2. The largest absolute Gasteiger partial charge is 0.489 e. The molecule has 5 rings (SSSR count). The van der Waals surface area contributed by atoms with Gasteiger partial charge in [0.25, 0.3) is 5.91 Å². The maximum absolute atomic E-state index is 13.8. The van der Waals surface area contributed by atoms with E-state index in [2.05, 4.69) is 55.0 Å². The number of rotatable bonds is 18. The minimum Gasteiger partial charge on any atom is -0.489 e. The van der Waals surface area contributed by atoms with Gasteiger partial charge < -0.3 is 40.7 Å². The van der Waals surface area contributed by atoms with Gasteiger partial charge in [-0.1, -0.05) is 83.8 Å². The number of unbranched alkanes of at least 4 members (excludes halogenated alkanes) is 2. The van der Waals surface area contributed by atoms with Crippen molar-refractivity contribution in [3.8, 4) is 11.8 Å². The van der Waals surface area contributed by atoms with Crippen molar-refractivity contribution in [3.05, 3.63) is 93.5 Å². The van der Waals surface area contributed by atoms with Gasteiger partial charge in [0.2, 0.25) is 17.7 Å². The smallest absolute Gasteiger partial charge is 0.251 e. The molecule has 3 atom stereocenters. The molecular weight excluding hydrogens is 831 g/mol. The van der Waals surface area contributed by atoms with Crippen molar-refractivity contribution in [2.45, 2.75) is 111 Å². The number of aliphatic hydroxyl groups is 1. The average Bonchev–Trinajstić information content (AvgIpc) is 3.62. The quantitative estimate of drug-likeness (QED) is 0.0851. The third kappa shape index (κ3) is 12.0. The molecule has 2 fully saturated rings. The number of aliphatic hydroxyl groups excluding tert-OH is 1. The minimum atomic E-state index is -0.942. The van der Waals surface area contributed by atoms with E-state index in [4.69, 9.17) is 32.7 Å². The van der Waals surface area contributed by atoms with Crippen molar-refractivity contribution >= 4 is 52.5 Å². The second-order valence-corrected chi connectivity index (χ2v) is 19.4. The normalized spacial score (nSPS) is 20.6. The van der Waals surface area contributed by atoms with E-state index in [9.17, 15) is 29.5 Å². The molecule has 1 aliphatic carbocycles. The molecule has 2 aliphatic rings. The van der Waals surface area contributed by atoms with Crippen molar-refractivity contribution in [3.63, 3.8) is 0 Å². The van der Waals surface area contributed by atoms with Gasteiger partial charge in [0.15, 0.2) is 0 Å². The van der Waals surface area contributed by atoms with Crippen LogP contribution >= 0.6 is 23.2 Å². The SMILES string of the molecule is CC(C)(C)C(NC(=O)COCCCCCNc1ccc(C(=O)N[C@H]2C(C)(C)[C@H](Oc3ccc(C#N)c(Cl)c3)C2(C)C)cc1)C(=O)N1C[C@H](O)C[C@H]1C(=O)NCc1ccc(Cl)cc1. The van der Waals surface area contributed by atoms with E-state index in [0.29, 0.717) is 40.1 Å². The van der Waals surface area contributed by atoms with Crippen LogP contribution in [0.5, 0.6) is 5.75 Å². The van der Waals surface area contributed by atoms with Crippen LogP contribution in [-0.2, 0) is 25.7 Å². The summed E-state index contributed by atoms with van der Waals surface area (Å²) in [6, 6.07) is 19.5. The third-order valence-electron chi connectivity index (χ3n) is 11.8. The number of amides is 4. The maximum atomic E-state index is 13.8. The fourth-order valence-electron chi connectivity index (χ4n) is 8.69. The Morgan fingerprint density at radius 1 is 0.952 bits per heavy atom. The number of anilines is 1. The molecule has 3 aromatic carbocycles. The van der Waals surface area contributed by atoms with Crippen molar-refractivity contribution in [1.82, 2.24) is 20.9 Å². The Hall–Kier alpha value is -4.87. The second-order valence-electron chi connectivity index (χ2n) is 18.5. The first-order valence-corrected chi connectivity index (χ1v) is 21.9. The summed E-state index contributed by atoms with van der Waals surface area (Å²) in [6.07, 6.45) is 1.48. The van der Waals surface area contributed by atoms with Gasteiger partial charge in [0.05, 0.1) is 16.7 Å². The van der Waals surface area contributed by atoms with Gasteiger partial charge in [-0.3, -0.25) is 19.2 Å². The van der Waals surface area contributed by atoms with E-state index in [-0.39, 0.29) is 60.9 Å². The number of benzene rings is 3. The lowest BCUT2D eigenvalue weighted by Gasteiger charge is -2.63. The summed E-state index contributed by atoms with van der Waals surface area (Å²) in [6.45, 7) is 14.9. The number of halogens is 2. The van der Waals surface area contributed by atoms with Gasteiger partial charge in [-0.05, 0) is 78.8 Å². The molecule has 15 heteroatoms. The molecule has 0 bridgehead atoms. The highest BCUT2D eigenvalue weighted by atomic mass is 35.5. The van der Waals surface area contributed by atoms with Crippen LogP contribution in [0.25, 0.3) is 0 Å². The lowest BCUT2D eigenvalue weighted by Crippen LogP contribution is -2.74. The molecule has 1 saturated heterocycles. The number of hydrogen-bond acceptors (Lipinski definition) is 9. The van der Waals surface area contributed by atoms with Crippen molar-refractivity contribution < 1.29 is 33.8 Å². The Balaban J connectivity index is 0.989. The van der Waals surface area contributed by atoms with Gasteiger partial charge >= 0.3 is 0 Å². The number of nitriles is 1. The number of β-amino-alcohol motifs (C(OH)–C–C–N with tert-alkyl or cyclic N) is 1. The molecule has 1 heterocycles. The molecule has 3 aromatic rings.